The highest BCUT2D eigenvalue weighted by molar-refractivity contribution is 5.17. The van der Waals surface area contributed by atoms with Gasteiger partial charge in [-0.3, -0.25) is 0 Å². The Morgan fingerprint density at radius 2 is 1.80 bits per heavy atom. The normalized spacial score (nSPS) is 21.1. The number of rotatable bonds is 6. The van der Waals surface area contributed by atoms with Crippen molar-refractivity contribution in [1.29, 1.82) is 0 Å². The van der Waals surface area contributed by atoms with Crippen LogP contribution in [0.3, 0.4) is 0 Å². The maximum Gasteiger partial charge on any atom is 0.0827 e. The fourth-order valence-corrected chi connectivity index (χ4v) is 3.33. The van der Waals surface area contributed by atoms with Crippen molar-refractivity contribution in [2.45, 2.75) is 44.3 Å². The molecule has 3 heteroatoms. The van der Waals surface area contributed by atoms with Crippen LogP contribution in [0.4, 0.5) is 0 Å². The number of nitrogens with zero attached hydrogens (tertiary/aromatic N) is 1. The standard InChI is InChI=1S/C17H27NO2/c1-14(16(19)15-8-4-3-5-9-15)12-18(2)13-17(20)10-6-7-11-17/h3-5,8-9,14,16,19-20H,6-7,10-13H2,1-2H3. The Bertz CT molecular complexity index is 401. The van der Waals surface area contributed by atoms with Crippen molar-refractivity contribution in [2.24, 2.45) is 5.92 Å². The second-order valence-electron chi connectivity index (χ2n) is 6.46. The van der Waals surface area contributed by atoms with Crippen LogP contribution < -0.4 is 0 Å². The first kappa shape index (κ1) is 15.5. The molecular formula is C17H27NO2. The molecule has 2 atom stereocenters. The molecule has 0 aliphatic heterocycles. The number of aliphatic hydroxyl groups excluding tert-OH is 1. The van der Waals surface area contributed by atoms with Crippen molar-refractivity contribution in [3.63, 3.8) is 0 Å². The van der Waals surface area contributed by atoms with E-state index in [4.69, 9.17) is 0 Å². The van der Waals surface area contributed by atoms with Crippen molar-refractivity contribution in [3.8, 4) is 0 Å². The van der Waals surface area contributed by atoms with E-state index in [1.54, 1.807) is 0 Å². The molecule has 0 bridgehead atoms. The molecule has 1 fully saturated rings. The topological polar surface area (TPSA) is 43.7 Å². The Labute approximate surface area is 122 Å². The summed E-state index contributed by atoms with van der Waals surface area (Å²) in [6.07, 6.45) is 3.63. The molecule has 0 radical (unpaired) electrons. The van der Waals surface area contributed by atoms with Crippen LogP contribution in [-0.2, 0) is 0 Å². The lowest BCUT2D eigenvalue weighted by atomic mass is 9.96. The number of hydrogen-bond acceptors (Lipinski definition) is 3. The van der Waals surface area contributed by atoms with Crippen LogP contribution in [0.1, 0.15) is 44.3 Å². The Morgan fingerprint density at radius 3 is 2.40 bits per heavy atom. The molecule has 0 saturated heterocycles. The lowest BCUT2D eigenvalue weighted by molar-refractivity contribution is 0.00534. The number of hydrogen-bond donors (Lipinski definition) is 2. The van der Waals surface area contributed by atoms with Crippen LogP contribution >= 0.6 is 0 Å². The van der Waals surface area contributed by atoms with E-state index in [1.807, 2.05) is 37.4 Å². The predicted octanol–water partition coefficient (Wildman–Crippen LogP) is 2.59. The first-order chi connectivity index (χ1) is 9.50. The van der Waals surface area contributed by atoms with Gasteiger partial charge in [0.15, 0.2) is 0 Å². The van der Waals surface area contributed by atoms with Gasteiger partial charge in [0.2, 0.25) is 0 Å². The quantitative estimate of drug-likeness (QED) is 0.840. The second kappa shape index (κ2) is 6.70. The third-order valence-corrected chi connectivity index (χ3v) is 4.38. The summed E-state index contributed by atoms with van der Waals surface area (Å²) in [5.41, 5.74) is 0.458. The molecule has 0 amide bonds. The summed E-state index contributed by atoms with van der Waals surface area (Å²) in [7, 11) is 2.03. The zero-order valence-electron chi connectivity index (χ0n) is 12.6. The molecule has 1 aromatic carbocycles. The average molecular weight is 277 g/mol. The van der Waals surface area contributed by atoms with Crippen molar-refractivity contribution >= 4 is 0 Å². The molecule has 1 aromatic rings. The van der Waals surface area contributed by atoms with E-state index in [2.05, 4.69) is 11.8 Å². The van der Waals surface area contributed by atoms with Gasteiger partial charge in [0.1, 0.15) is 0 Å². The SMILES string of the molecule is CC(CN(C)CC1(O)CCCC1)C(O)c1ccccc1. The second-order valence-corrected chi connectivity index (χ2v) is 6.46. The molecule has 0 heterocycles. The van der Waals surface area contributed by atoms with Crippen molar-refractivity contribution < 1.29 is 10.2 Å². The minimum Gasteiger partial charge on any atom is -0.389 e. The third-order valence-electron chi connectivity index (χ3n) is 4.38. The van der Waals surface area contributed by atoms with Gasteiger partial charge in [-0.15, -0.1) is 0 Å². The summed E-state index contributed by atoms with van der Waals surface area (Å²) < 4.78 is 0. The van der Waals surface area contributed by atoms with Gasteiger partial charge in [-0.2, -0.15) is 0 Å². The van der Waals surface area contributed by atoms with Crippen LogP contribution in [-0.4, -0.2) is 40.9 Å². The van der Waals surface area contributed by atoms with Crippen molar-refractivity contribution in [3.05, 3.63) is 35.9 Å². The monoisotopic (exact) mass is 277 g/mol. The van der Waals surface area contributed by atoms with E-state index in [-0.39, 0.29) is 5.92 Å². The van der Waals surface area contributed by atoms with Gasteiger partial charge < -0.3 is 15.1 Å². The highest BCUT2D eigenvalue weighted by atomic mass is 16.3. The van der Waals surface area contributed by atoms with E-state index in [9.17, 15) is 10.2 Å². The summed E-state index contributed by atoms with van der Waals surface area (Å²) in [6.45, 7) is 3.56. The highest BCUT2D eigenvalue weighted by Crippen LogP contribution is 2.30. The van der Waals surface area contributed by atoms with E-state index in [0.29, 0.717) is 6.54 Å². The zero-order chi connectivity index (χ0) is 14.6. The molecular weight excluding hydrogens is 250 g/mol. The van der Waals surface area contributed by atoms with Gasteiger partial charge in [-0.05, 0) is 31.4 Å². The van der Waals surface area contributed by atoms with Crippen LogP contribution in [0.2, 0.25) is 0 Å². The van der Waals surface area contributed by atoms with Crippen LogP contribution in [0, 0.1) is 5.92 Å². The highest BCUT2D eigenvalue weighted by Gasteiger charge is 2.32. The van der Waals surface area contributed by atoms with Gasteiger partial charge in [-0.1, -0.05) is 50.1 Å². The Hall–Kier alpha value is -0.900. The first-order valence-corrected chi connectivity index (χ1v) is 7.64. The summed E-state index contributed by atoms with van der Waals surface area (Å²) in [4.78, 5) is 2.15. The maximum atomic E-state index is 10.4. The molecule has 3 nitrogen and oxygen atoms in total. The van der Waals surface area contributed by atoms with Gasteiger partial charge in [0.05, 0.1) is 11.7 Å². The lowest BCUT2D eigenvalue weighted by Gasteiger charge is -2.31. The van der Waals surface area contributed by atoms with Crippen molar-refractivity contribution in [1.82, 2.24) is 4.90 Å². The average Bonchev–Trinajstić information content (AvgIpc) is 2.84. The van der Waals surface area contributed by atoms with E-state index in [0.717, 1.165) is 37.8 Å². The fourth-order valence-electron chi connectivity index (χ4n) is 3.33. The predicted molar refractivity (Wildman–Crippen MR) is 81.5 cm³/mol. The van der Waals surface area contributed by atoms with Gasteiger partial charge in [0, 0.05) is 13.1 Å². The minimum absolute atomic E-state index is 0.146. The molecule has 0 aromatic heterocycles. The molecule has 2 unspecified atom stereocenters. The summed E-state index contributed by atoms with van der Waals surface area (Å²) in [6, 6.07) is 9.80. The Balaban J connectivity index is 1.85. The third kappa shape index (κ3) is 4.05. The molecule has 1 aliphatic rings. The van der Waals surface area contributed by atoms with E-state index < -0.39 is 11.7 Å². The molecule has 1 aliphatic carbocycles. The summed E-state index contributed by atoms with van der Waals surface area (Å²) >= 11 is 0. The largest absolute Gasteiger partial charge is 0.389 e. The summed E-state index contributed by atoms with van der Waals surface area (Å²) in [5, 5.41) is 20.8. The fraction of sp³-hybridized carbons (Fsp3) is 0.647. The first-order valence-electron chi connectivity index (χ1n) is 7.64. The van der Waals surface area contributed by atoms with E-state index >= 15 is 0 Å². The molecule has 2 rings (SSSR count). The van der Waals surface area contributed by atoms with Gasteiger partial charge in [-0.25, -0.2) is 0 Å². The number of benzene rings is 1. The Morgan fingerprint density at radius 1 is 1.20 bits per heavy atom. The zero-order valence-corrected chi connectivity index (χ0v) is 12.6. The van der Waals surface area contributed by atoms with Gasteiger partial charge >= 0.3 is 0 Å². The van der Waals surface area contributed by atoms with Crippen LogP contribution in [0.15, 0.2) is 30.3 Å². The molecule has 20 heavy (non-hydrogen) atoms. The summed E-state index contributed by atoms with van der Waals surface area (Å²) in [5.74, 6) is 0.146. The van der Waals surface area contributed by atoms with Gasteiger partial charge in [0.25, 0.3) is 0 Å². The van der Waals surface area contributed by atoms with E-state index in [1.165, 1.54) is 0 Å². The smallest absolute Gasteiger partial charge is 0.0827 e. The molecule has 1 saturated carbocycles. The molecule has 0 spiro atoms. The maximum absolute atomic E-state index is 10.4. The molecule has 112 valence electrons. The minimum atomic E-state index is -0.508. The lowest BCUT2D eigenvalue weighted by Crippen LogP contribution is -2.41. The van der Waals surface area contributed by atoms with Crippen molar-refractivity contribution in [2.75, 3.05) is 20.1 Å². The Kier molecular flexibility index (Phi) is 5.19. The number of likely N-dealkylation sites (N-methyl/N-ethyl adjacent to an activating group) is 1. The van der Waals surface area contributed by atoms with Crippen LogP contribution in [0.5, 0.6) is 0 Å². The number of aliphatic hydroxyl groups is 2. The molecule has 2 N–H and O–H groups in total. The van der Waals surface area contributed by atoms with Crippen LogP contribution in [0.25, 0.3) is 0 Å².